The quantitative estimate of drug-likeness (QED) is 0.593. The predicted octanol–water partition coefficient (Wildman–Crippen LogP) is 3.45. The van der Waals surface area contributed by atoms with Gasteiger partial charge in [-0.1, -0.05) is 36.8 Å². The fraction of sp³-hybridized carbons (Fsp3) is 0.286. The van der Waals surface area contributed by atoms with Crippen molar-refractivity contribution in [1.29, 1.82) is 0 Å². The van der Waals surface area contributed by atoms with E-state index in [-0.39, 0.29) is 5.91 Å². The summed E-state index contributed by atoms with van der Waals surface area (Å²) in [6.07, 6.45) is 5.77. The highest BCUT2D eigenvalue weighted by Gasteiger charge is 2.24. The highest BCUT2D eigenvalue weighted by atomic mass is 79.9. The van der Waals surface area contributed by atoms with Crippen molar-refractivity contribution in [2.45, 2.75) is 32.2 Å². The van der Waals surface area contributed by atoms with Crippen molar-refractivity contribution in [2.75, 3.05) is 0 Å². The maximum absolute atomic E-state index is 12.9. The number of carbonyl (C=O) groups is 2. The number of fused-ring (bicyclic) bond motifs is 1. The number of aryl methyl sites for hydroxylation is 1. The fourth-order valence-electron chi connectivity index (χ4n) is 3.70. The van der Waals surface area contributed by atoms with Crippen LogP contribution in [0.15, 0.2) is 47.1 Å². The van der Waals surface area contributed by atoms with Crippen LogP contribution >= 0.6 is 15.9 Å². The van der Waals surface area contributed by atoms with Crippen molar-refractivity contribution in [2.24, 2.45) is 7.05 Å². The van der Waals surface area contributed by atoms with Crippen molar-refractivity contribution in [3.8, 4) is 11.4 Å². The van der Waals surface area contributed by atoms with Gasteiger partial charge in [-0.15, -0.1) is 0 Å². The molecule has 0 spiro atoms. The summed E-state index contributed by atoms with van der Waals surface area (Å²) in [6, 6.07) is 11.6. The molecule has 4 rings (SSSR count). The van der Waals surface area contributed by atoms with Crippen molar-refractivity contribution >= 4 is 27.7 Å². The van der Waals surface area contributed by atoms with Gasteiger partial charge in [-0.2, -0.15) is 0 Å². The zero-order valence-corrected chi connectivity index (χ0v) is 17.7. The lowest BCUT2D eigenvalue weighted by Gasteiger charge is -2.09. The first kappa shape index (κ1) is 19.4. The van der Waals surface area contributed by atoms with E-state index in [1.54, 1.807) is 23.9 Å². The third kappa shape index (κ3) is 3.98. The molecule has 2 N–H and O–H groups in total. The van der Waals surface area contributed by atoms with E-state index in [9.17, 15) is 9.59 Å². The molecular weight excluding hydrogens is 434 g/mol. The Morgan fingerprint density at radius 1 is 1.07 bits per heavy atom. The van der Waals surface area contributed by atoms with Crippen LogP contribution < -0.4 is 10.9 Å². The van der Waals surface area contributed by atoms with Gasteiger partial charge in [0.15, 0.2) is 5.69 Å². The maximum atomic E-state index is 12.9. The Balaban J connectivity index is 1.59. The van der Waals surface area contributed by atoms with Crippen LogP contribution in [0.25, 0.3) is 11.4 Å². The number of amides is 2. The first-order valence-electron chi connectivity index (χ1n) is 9.62. The first-order valence-corrected chi connectivity index (χ1v) is 10.4. The molecule has 1 aliphatic rings. The molecular formula is C21H22BrN5O2. The van der Waals surface area contributed by atoms with Crippen LogP contribution in [0.1, 0.15) is 45.9 Å². The van der Waals surface area contributed by atoms with E-state index in [2.05, 4.69) is 36.3 Å². The molecule has 0 saturated heterocycles. The number of nitrogens with zero attached hydrogens (tertiary/aromatic N) is 3. The fourth-order valence-corrected chi connectivity index (χ4v) is 4.22. The second kappa shape index (κ2) is 8.24. The number of hydrogen-bond donors (Lipinski definition) is 2. The Kier molecular flexibility index (Phi) is 5.53. The number of hydrazine groups is 1. The minimum absolute atomic E-state index is 0.374. The standard InChI is InChI=1S/C21H22BrN5O2/c1-26-13-15(22)12-17(26)20(28)24-25-21(29)18-16-10-6-3-7-11-27(16)19(23-18)14-8-4-2-5-9-14/h2,4-5,8-9,12-13H,3,6-7,10-11H2,1H3,(H,24,28)(H,25,29). The molecule has 0 unspecified atom stereocenters. The number of rotatable bonds is 3. The predicted molar refractivity (Wildman–Crippen MR) is 113 cm³/mol. The summed E-state index contributed by atoms with van der Waals surface area (Å²) in [5, 5.41) is 0. The summed E-state index contributed by atoms with van der Waals surface area (Å²) in [5.41, 5.74) is 7.73. The molecule has 0 aliphatic carbocycles. The SMILES string of the molecule is Cn1cc(Br)cc1C(=O)NNC(=O)c1nc(-c2ccccc2)n2c1CCCCC2. The summed E-state index contributed by atoms with van der Waals surface area (Å²) >= 11 is 3.34. The van der Waals surface area contributed by atoms with Crippen LogP contribution in [0, 0.1) is 0 Å². The van der Waals surface area contributed by atoms with Crippen LogP contribution in [-0.2, 0) is 20.0 Å². The Bertz CT molecular complexity index is 1050. The summed E-state index contributed by atoms with van der Waals surface area (Å²) in [6.45, 7) is 0.837. The minimum Gasteiger partial charge on any atom is -0.345 e. The molecule has 2 amide bonds. The van der Waals surface area contributed by atoms with E-state index in [0.717, 1.165) is 53.8 Å². The first-order chi connectivity index (χ1) is 14.0. The van der Waals surface area contributed by atoms with Gasteiger partial charge in [-0.05, 0) is 41.3 Å². The second-order valence-electron chi connectivity index (χ2n) is 7.12. The third-order valence-electron chi connectivity index (χ3n) is 5.11. The average molecular weight is 456 g/mol. The minimum atomic E-state index is -0.403. The van der Waals surface area contributed by atoms with E-state index in [1.165, 1.54) is 0 Å². The van der Waals surface area contributed by atoms with Crippen LogP contribution in [0.2, 0.25) is 0 Å². The van der Waals surface area contributed by atoms with Gasteiger partial charge in [0, 0.05) is 29.8 Å². The normalized spacial score (nSPS) is 13.4. The molecule has 0 fully saturated rings. The molecule has 0 radical (unpaired) electrons. The van der Waals surface area contributed by atoms with E-state index in [4.69, 9.17) is 0 Å². The topological polar surface area (TPSA) is 81.0 Å². The van der Waals surface area contributed by atoms with E-state index in [1.807, 2.05) is 30.3 Å². The molecule has 7 nitrogen and oxygen atoms in total. The van der Waals surface area contributed by atoms with Gasteiger partial charge >= 0.3 is 0 Å². The summed E-state index contributed by atoms with van der Waals surface area (Å²) in [7, 11) is 1.77. The Hall–Kier alpha value is -2.87. The van der Waals surface area contributed by atoms with Gasteiger partial charge in [-0.25, -0.2) is 4.98 Å². The smallest absolute Gasteiger partial charge is 0.290 e. The molecule has 1 aromatic carbocycles. The van der Waals surface area contributed by atoms with Gasteiger partial charge in [0.2, 0.25) is 0 Å². The van der Waals surface area contributed by atoms with Crippen LogP contribution in [0.5, 0.6) is 0 Å². The van der Waals surface area contributed by atoms with Gasteiger partial charge in [-0.3, -0.25) is 20.4 Å². The van der Waals surface area contributed by atoms with E-state index in [0.29, 0.717) is 11.4 Å². The summed E-state index contributed by atoms with van der Waals surface area (Å²) < 4.78 is 4.62. The molecule has 0 atom stereocenters. The van der Waals surface area contributed by atoms with Crippen molar-refractivity contribution < 1.29 is 9.59 Å². The number of aromatic nitrogens is 3. The van der Waals surface area contributed by atoms with E-state index >= 15 is 0 Å². The highest BCUT2D eigenvalue weighted by molar-refractivity contribution is 9.10. The lowest BCUT2D eigenvalue weighted by atomic mass is 10.1. The molecule has 2 aromatic heterocycles. The maximum Gasteiger partial charge on any atom is 0.290 e. The number of nitrogens with one attached hydrogen (secondary N) is 2. The highest BCUT2D eigenvalue weighted by Crippen LogP contribution is 2.27. The Morgan fingerprint density at radius 3 is 2.55 bits per heavy atom. The molecule has 1 aliphatic heterocycles. The van der Waals surface area contributed by atoms with Crippen molar-refractivity contribution in [3.05, 3.63) is 64.1 Å². The van der Waals surface area contributed by atoms with Crippen LogP contribution in [0.3, 0.4) is 0 Å². The monoisotopic (exact) mass is 455 g/mol. The molecule has 0 bridgehead atoms. The Morgan fingerprint density at radius 2 is 1.83 bits per heavy atom. The van der Waals surface area contributed by atoms with Gasteiger partial charge in [0.05, 0.1) is 5.69 Å². The van der Waals surface area contributed by atoms with Crippen LogP contribution in [-0.4, -0.2) is 25.9 Å². The number of halogens is 1. The summed E-state index contributed by atoms with van der Waals surface area (Å²) in [5.74, 6) is 0.00456. The molecule has 3 heterocycles. The van der Waals surface area contributed by atoms with Crippen molar-refractivity contribution in [3.63, 3.8) is 0 Å². The number of benzene rings is 1. The molecule has 150 valence electrons. The largest absolute Gasteiger partial charge is 0.345 e. The lowest BCUT2D eigenvalue weighted by molar-refractivity contribution is 0.0839. The van der Waals surface area contributed by atoms with E-state index < -0.39 is 5.91 Å². The van der Waals surface area contributed by atoms with Crippen molar-refractivity contribution in [1.82, 2.24) is 25.0 Å². The molecule has 29 heavy (non-hydrogen) atoms. The average Bonchev–Trinajstić information content (AvgIpc) is 3.15. The number of hydrogen-bond acceptors (Lipinski definition) is 3. The number of imidazole rings is 1. The van der Waals surface area contributed by atoms with Crippen LogP contribution in [0.4, 0.5) is 0 Å². The number of carbonyl (C=O) groups excluding carboxylic acids is 2. The zero-order valence-electron chi connectivity index (χ0n) is 16.1. The Labute approximate surface area is 177 Å². The molecule has 8 heteroatoms. The zero-order chi connectivity index (χ0) is 20.4. The molecule has 0 saturated carbocycles. The third-order valence-corrected chi connectivity index (χ3v) is 5.54. The van der Waals surface area contributed by atoms with Gasteiger partial charge in [0.1, 0.15) is 11.5 Å². The van der Waals surface area contributed by atoms with Gasteiger partial charge < -0.3 is 9.13 Å². The second-order valence-corrected chi connectivity index (χ2v) is 8.04. The lowest BCUT2D eigenvalue weighted by Crippen LogP contribution is -2.42. The molecule has 3 aromatic rings. The summed E-state index contributed by atoms with van der Waals surface area (Å²) in [4.78, 5) is 29.9. The van der Waals surface area contributed by atoms with Gasteiger partial charge in [0.25, 0.3) is 11.8 Å².